The average Bonchev–Trinajstić information content (AvgIpc) is 3.23. The van der Waals surface area contributed by atoms with Crippen molar-refractivity contribution in [1.82, 2.24) is 20.1 Å². The summed E-state index contributed by atoms with van der Waals surface area (Å²) in [7, 11) is 2.05. The van der Waals surface area contributed by atoms with E-state index in [1.807, 2.05) is 37.4 Å². The molecule has 0 unspecified atom stereocenters. The maximum absolute atomic E-state index is 12.4. The second-order valence-corrected chi connectivity index (χ2v) is 10.9. The van der Waals surface area contributed by atoms with Crippen LogP contribution in [0.25, 0.3) is 11.3 Å². The minimum Gasteiger partial charge on any atom is -0.384 e. The highest BCUT2D eigenvalue weighted by Crippen LogP contribution is 2.51. The molecule has 1 fully saturated rings. The average molecular weight is 469 g/mol. The Bertz CT molecular complexity index is 1160. The van der Waals surface area contributed by atoms with E-state index in [1.165, 1.54) is 0 Å². The van der Waals surface area contributed by atoms with Crippen molar-refractivity contribution in [3.05, 3.63) is 70.1 Å². The first-order valence-electron chi connectivity index (χ1n) is 11.3. The highest BCUT2D eigenvalue weighted by atomic mass is 35.5. The SMILES string of the molecule is CC(C)c1ccc([C@](O)(c2cncc(-c3cc(C(C)(C)O)[nH]n3)c2)C2(C)CN(C)C2)cc1Cl. The minimum atomic E-state index is -1.29. The molecule has 1 aliphatic heterocycles. The smallest absolute Gasteiger partial charge is 0.124 e. The van der Waals surface area contributed by atoms with Gasteiger partial charge in [-0.1, -0.05) is 44.5 Å². The van der Waals surface area contributed by atoms with E-state index in [-0.39, 0.29) is 0 Å². The first kappa shape index (κ1) is 23.9. The maximum Gasteiger partial charge on any atom is 0.124 e. The van der Waals surface area contributed by atoms with Gasteiger partial charge in [-0.25, -0.2) is 0 Å². The zero-order valence-corrected chi connectivity index (χ0v) is 20.9. The molecule has 0 aliphatic carbocycles. The number of nitrogens with one attached hydrogen (secondary N) is 1. The summed E-state index contributed by atoms with van der Waals surface area (Å²) >= 11 is 6.66. The monoisotopic (exact) mass is 468 g/mol. The van der Waals surface area contributed by atoms with Crippen molar-refractivity contribution in [1.29, 1.82) is 0 Å². The molecule has 3 N–H and O–H groups in total. The normalized spacial score (nSPS) is 18.2. The topological polar surface area (TPSA) is 85.3 Å². The fourth-order valence-electron chi connectivity index (χ4n) is 5.02. The van der Waals surface area contributed by atoms with Crippen LogP contribution in [0.15, 0.2) is 42.7 Å². The Balaban J connectivity index is 1.84. The third-order valence-corrected chi connectivity index (χ3v) is 7.17. The molecule has 6 nitrogen and oxygen atoms in total. The zero-order valence-electron chi connectivity index (χ0n) is 20.1. The lowest BCUT2D eigenvalue weighted by Gasteiger charge is -2.56. The minimum absolute atomic E-state index is 0.291. The number of likely N-dealkylation sites (tertiary alicyclic amines) is 1. The van der Waals surface area contributed by atoms with Crippen LogP contribution in [0, 0.1) is 5.41 Å². The molecule has 33 heavy (non-hydrogen) atoms. The second-order valence-electron chi connectivity index (χ2n) is 10.5. The van der Waals surface area contributed by atoms with Crippen LogP contribution in [0.2, 0.25) is 5.02 Å². The highest BCUT2D eigenvalue weighted by Gasteiger charge is 2.55. The van der Waals surface area contributed by atoms with Crippen molar-refractivity contribution in [2.24, 2.45) is 5.41 Å². The number of pyridine rings is 1. The largest absolute Gasteiger partial charge is 0.384 e. The predicted octanol–water partition coefficient (Wildman–Crippen LogP) is 4.66. The lowest BCUT2D eigenvalue weighted by atomic mass is 9.62. The van der Waals surface area contributed by atoms with Gasteiger partial charge in [0.05, 0.1) is 11.4 Å². The fraction of sp³-hybridized carbons (Fsp3) is 0.462. The van der Waals surface area contributed by atoms with Crippen LogP contribution in [0.4, 0.5) is 0 Å². The van der Waals surface area contributed by atoms with Crippen molar-refractivity contribution in [2.45, 2.75) is 51.7 Å². The van der Waals surface area contributed by atoms with Crippen LogP contribution in [-0.2, 0) is 11.2 Å². The second kappa shape index (κ2) is 8.20. The summed E-state index contributed by atoms with van der Waals surface area (Å²) in [5.41, 5.74) is 1.79. The van der Waals surface area contributed by atoms with Crippen LogP contribution in [0.5, 0.6) is 0 Å². The van der Waals surface area contributed by atoms with E-state index in [9.17, 15) is 10.2 Å². The van der Waals surface area contributed by atoms with Crippen molar-refractivity contribution in [3.8, 4) is 11.3 Å². The van der Waals surface area contributed by atoms with Gasteiger partial charge in [0, 0.05) is 47.0 Å². The molecular formula is C26H33ClN4O2. The Morgan fingerprint density at radius 2 is 1.79 bits per heavy atom. The number of nitrogens with zero attached hydrogens (tertiary/aromatic N) is 3. The van der Waals surface area contributed by atoms with E-state index >= 15 is 0 Å². The summed E-state index contributed by atoms with van der Waals surface area (Å²) in [5, 5.41) is 30.6. The van der Waals surface area contributed by atoms with Gasteiger partial charge in [0.2, 0.25) is 0 Å². The lowest BCUT2D eigenvalue weighted by molar-refractivity contribution is -0.127. The number of hydrogen-bond donors (Lipinski definition) is 3. The van der Waals surface area contributed by atoms with E-state index < -0.39 is 16.6 Å². The van der Waals surface area contributed by atoms with Gasteiger partial charge in [-0.05, 0) is 56.1 Å². The van der Waals surface area contributed by atoms with E-state index in [2.05, 4.69) is 40.9 Å². The molecule has 3 aromatic rings. The van der Waals surface area contributed by atoms with Gasteiger partial charge in [-0.3, -0.25) is 10.1 Å². The molecule has 4 rings (SSSR count). The van der Waals surface area contributed by atoms with Crippen molar-refractivity contribution >= 4 is 11.6 Å². The summed E-state index contributed by atoms with van der Waals surface area (Å²) in [4.78, 5) is 6.65. The quantitative estimate of drug-likeness (QED) is 0.489. The molecule has 1 aromatic carbocycles. The molecule has 0 saturated carbocycles. The Hall–Kier alpha value is -2.25. The summed E-state index contributed by atoms with van der Waals surface area (Å²) in [6.45, 7) is 11.2. The van der Waals surface area contributed by atoms with Gasteiger partial charge in [0.1, 0.15) is 11.2 Å². The summed E-state index contributed by atoms with van der Waals surface area (Å²) in [5.74, 6) is 0.291. The summed E-state index contributed by atoms with van der Waals surface area (Å²) in [6, 6.07) is 9.64. The number of halogens is 1. The van der Waals surface area contributed by atoms with E-state index in [0.29, 0.717) is 27.9 Å². The molecule has 0 spiro atoms. The van der Waals surface area contributed by atoms with E-state index in [1.54, 1.807) is 26.2 Å². The zero-order chi connectivity index (χ0) is 24.2. The maximum atomic E-state index is 12.4. The van der Waals surface area contributed by atoms with Gasteiger partial charge in [0.15, 0.2) is 0 Å². The summed E-state index contributed by atoms with van der Waals surface area (Å²) in [6.07, 6.45) is 3.44. The number of aliphatic hydroxyl groups is 2. The Kier molecular flexibility index (Phi) is 5.94. The van der Waals surface area contributed by atoms with Gasteiger partial charge in [-0.2, -0.15) is 5.10 Å². The molecule has 3 heterocycles. The Morgan fingerprint density at radius 1 is 1.09 bits per heavy atom. The third-order valence-electron chi connectivity index (χ3n) is 6.84. The van der Waals surface area contributed by atoms with Gasteiger partial charge in [0.25, 0.3) is 0 Å². The van der Waals surface area contributed by atoms with Crippen LogP contribution in [0.3, 0.4) is 0 Å². The molecule has 7 heteroatoms. The molecule has 1 saturated heterocycles. The Labute approximate surface area is 200 Å². The molecule has 0 bridgehead atoms. The van der Waals surface area contributed by atoms with Gasteiger partial charge >= 0.3 is 0 Å². The van der Waals surface area contributed by atoms with E-state index in [0.717, 1.165) is 29.8 Å². The standard InChI is InChI=1S/C26H33ClN4O2/c1-16(2)20-8-7-18(10-21(20)27)26(33,25(5)14-31(6)15-25)19-9-17(12-28-13-19)22-11-23(30-29-22)24(3,4)32/h7-13,16,32-33H,14-15H2,1-6H3,(H,29,30)/t26-/m0/s1. The number of aromatic amines is 1. The molecule has 1 atom stereocenters. The van der Waals surface area contributed by atoms with Crippen LogP contribution in [0.1, 0.15) is 62.9 Å². The van der Waals surface area contributed by atoms with Crippen molar-refractivity contribution < 1.29 is 10.2 Å². The van der Waals surface area contributed by atoms with Crippen LogP contribution < -0.4 is 0 Å². The Morgan fingerprint density at radius 3 is 2.33 bits per heavy atom. The third kappa shape index (κ3) is 4.10. The molecule has 0 amide bonds. The van der Waals surface area contributed by atoms with Crippen LogP contribution in [-0.4, -0.2) is 50.4 Å². The molecule has 176 valence electrons. The van der Waals surface area contributed by atoms with Gasteiger partial charge in [-0.15, -0.1) is 0 Å². The highest BCUT2D eigenvalue weighted by molar-refractivity contribution is 6.31. The first-order valence-corrected chi connectivity index (χ1v) is 11.7. The number of benzene rings is 1. The predicted molar refractivity (Wildman–Crippen MR) is 131 cm³/mol. The lowest BCUT2D eigenvalue weighted by Crippen LogP contribution is -2.63. The van der Waals surface area contributed by atoms with Crippen LogP contribution >= 0.6 is 11.6 Å². The molecule has 2 aromatic heterocycles. The van der Waals surface area contributed by atoms with E-state index in [4.69, 9.17) is 11.6 Å². The number of hydrogen-bond acceptors (Lipinski definition) is 5. The molecular weight excluding hydrogens is 436 g/mol. The first-order chi connectivity index (χ1) is 15.3. The number of rotatable bonds is 6. The summed E-state index contributed by atoms with van der Waals surface area (Å²) < 4.78 is 0. The number of H-pyrrole nitrogens is 1. The molecule has 1 aliphatic rings. The van der Waals surface area contributed by atoms with Crippen molar-refractivity contribution in [2.75, 3.05) is 20.1 Å². The fourth-order valence-corrected chi connectivity index (χ4v) is 5.42. The van der Waals surface area contributed by atoms with Gasteiger partial charge < -0.3 is 15.1 Å². The number of aromatic nitrogens is 3. The van der Waals surface area contributed by atoms with Crippen molar-refractivity contribution in [3.63, 3.8) is 0 Å². The molecule has 0 radical (unpaired) electrons.